The van der Waals surface area contributed by atoms with E-state index in [0.29, 0.717) is 19.2 Å². The molecule has 2 aliphatic rings. The molecule has 168 valence electrons. The van der Waals surface area contributed by atoms with Gasteiger partial charge in [-0.3, -0.25) is 4.79 Å². The number of hydrogen-bond donors (Lipinski definition) is 2. The predicted molar refractivity (Wildman–Crippen MR) is 118 cm³/mol. The maximum absolute atomic E-state index is 10.9. The molecule has 3 rings (SSSR count). The zero-order chi connectivity index (χ0) is 21.4. The van der Waals surface area contributed by atoms with Crippen molar-refractivity contribution in [3.63, 3.8) is 0 Å². The number of carboxylic acids is 1. The molecule has 2 saturated heterocycles. The molecule has 0 aromatic heterocycles. The van der Waals surface area contributed by atoms with E-state index in [-0.39, 0.29) is 17.9 Å². The van der Waals surface area contributed by atoms with Crippen molar-refractivity contribution in [3.05, 3.63) is 29.8 Å². The topological polar surface area (TPSA) is 71.0 Å². The molecule has 2 aliphatic heterocycles. The summed E-state index contributed by atoms with van der Waals surface area (Å²) in [5.74, 6) is 0.224. The third-order valence-corrected chi connectivity index (χ3v) is 6.66. The number of piperidine rings is 1. The molecule has 30 heavy (non-hydrogen) atoms. The Hall–Kier alpha value is -1.63. The third-order valence-electron chi connectivity index (χ3n) is 6.66. The summed E-state index contributed by atoms with van der Waals surface area (Å²) in [6.07, 6.45) is 5.64. The van der Waals surface area contributed by atoms with Gasteiger partial charge in [-0.2, -0.15) is 0 Å². The van der Waals surface area contributed by atoms with E-state index in [1.807, 2.05) is 6.07 Å². The summed E-state index contributed by atoms with van der Waals surface area (Å²) in [7, 11) is 0. The summed E-state index contributed by atoms with van der Waals surface area (Å²) in [5.41, 5.74) is 1.51. The number of likely N-dealkylation sites (tertiary alicyclic amines) is 1. The smallest absolute Gasteiger partial charge is 0.304 e. The van der Waals surface area contributed by atoms with Crippen molar-refractivity contribution in [1.29, 1.82) is 0 Å². The Morgan fingerprint density at radius 2 is 2.20 bits per heavy atom. The van der Waals surface area contributed by atoms with Gasteiger partial charge in [-0.15, -0.1) is 0 Å². The van der Waals surface area contributed by atoms with Crippen LogP contribution in [0.15, 0.2) is 24.3 Å². The number of carbonyl (C=O) groups is 1. The van der Waals surface area contributed by atoms with Gasteiger partial charge in [0, 0.05) is 25.6 Å². The molecule has 0 spiro atoms. The summed E-state index contributed by atoms with van der Waals surface area (Å²) in [5, 5.41) is 12.7. The molecule has 0 amide bonds. The largest absolute Gasteiger partial charge is 0.488 e. The molecule has 2 heterocycles. The first-order chi connectivity index (χ1) is 14.5. The number of rotatable bonds is 11. The van der Waals surface area contributed by atoms with Crippen LogP contribution in [0.3, 0.4) is 0 Å². The fraction of sp³-hybridized carbons (Fsp3) is 0.708. The minimum Gasteiger partial charge on any atom is -0.488 e. The Bertz CT molecular complexity index is 667. The highest BCUT2D eigenvalue weighted by atomic mass is 16.5. The van der Waals surface area contributed by atoms with Gasteiger partial charge in [0.05, 0.1) is 19.6 Å². The van der Waals surface area contributed by atoms with Gasteiger partial charge < -0.3 is 24.8 Å². The lowest BCUT2D eigenvalue weighted by Gasteiger charge is -2.43. The van der Waals surface area contributed by atoms with E-state index < -0.39 is 5.97 Å². The average molecular weight is 419 g/mol. The van der Waals surface area contributed by atoms with Gasteiger partial charge in [-0.25, -0.2) is 0 Å². The molecular weight excluding hydrogens is 380 g/mol. The second-order valence-corrected chi connectivity index (χ2v) is 9.10. The quantitative estimate of drug-likeness (QED) is 0.574. The van der Waals surface area contributed by atoms with Gasteiger partial charge in [0.15, 0.2) is 0 Å². The molecule has 1 aromatic carbocycles. The highest BCUT2D eigenvalue weighted by molar-refractivity contribution is 5.66. The minimum absolute atomic E-state index is 0.166. The zero-order valence-corrected chi connectivity index (χ0v) is 18.6. The van der Waals surface area contributed by atoms with Crippen LogP contribution in [0.2, 0.25) is 0 Å². The fourth-order valence-corrected chi connectivity index (χ4v) is 4.42. The van der Waals surface area contributed by atoms with Crippen molar-refractivity contribution in [2.24, 2.45) is 5.41 Å². The van der Waals surface area contributed by atoms with Crippen molar-refractivity contribution >= 4 is 5.97 Å². The maximum Gasteiger partial charge on any atom is 0.304 e. The van der Waals surface area contributed by atoms with E-state index in [1.54, 1.807) is 0 Å². The van der Waals surface area contributed by atoms with Gasteiger partial charge in [0.2, 0.25) is 0 Å². The monoisotopic (exact) mass is 418 g/mol. The van der Waals surface area contributed by atoms with Crippen LogP contribution < -0.4 is 10.1 Å². The molecule has 2 unspecified atom stereocenters. The van der Waals surface area contributed by atoms with Gasteiger partial charge in [-0.1, -0.05) is 19.1 Å². The van der Waals surface area contributed by atoms with Gasteiger partial charge in [0.25, 0.3) is 0 Å². The lowest BCUT2D eigenvalue weighted by Crippen LogP contribution is -2.48. The summed E-state index contributed by atoms with van der Waals surface area (Å²) in [6.45, 7) is 9.50. The van der Waals surface area contributed by atoms with Crippen molar-refractivity contribution in [2.75, 3.05) is 39.4 Å². The van der Waals surface area contributed by atoms with E-state index in [4.69, 9.17) is 14.6 Å². The van der Waals surface area contributed by atoms with Crippen molar-refractivity contribution < 1.29 is 19.4 Å². The Morgan fingerprint density at radius 1 is 1.40 bits per heavy atom. The van der Waals surface area contributed by atoms with E-state index in [2.05, 4.69) is 42.3 Å². The molecule has 2 N–H and O–H groups in total. The predicted octanol–water partition coefficient (Wildman–Crippen LogP) is 3.34. The summed E-state index contributed by atoms with van der Waals surface area (Å²) in [4.78, 5) is 13.2. The minimum atomic E-state index is -0.713. The Kier molecular flexibility index (Phi) is 8.54. The Labute approximate surface area is 180 Å². The molecule has 0 saturated carbocycles. The number of nitrogens with one attached hydrogen (secondary N) is 1. The summed E-state index contributed by atoms with van der Waals surface area (Å²) >= 11 is 0. The first-order valence-electron chi connectivity index (χ1n) is 11.5. The standard InChI is InChI=1S/C24H38N2O4/c1-3-19(2)25-18-24(9-12-26(13-10-24)11-7-23(27)28)16-20-5-4-6-21(15-20)30-22-8-14-29-17-22/h4-6,15,19,22,25H,3,7-14,16-18H2,1-2H3,(H,27,28). The van der Waals surface area contributed by atoms with Crippen LogP contribution in [-0.2, 0) is 16.0 Å². The molecule has 0 radical (unpaired) electrons. The molecule has 2 fully saturated rings. The van der Waals surface area contributed by atoms with Gasteiger partial charge in [0.1, 0.15) is 11.9 Å². The molecule has 1 aromatic rings. The first kappa shape index (κ1) is 23.0. The number of hydrogen-bond acceptors (Lipinski definition) is 5. The number of nitrogens with zero attached hydrogens (tertiary/aromatic N) is 1. The van der Waals surface area contributed by atoms with E-state index in [0.717, 1.165) is 64.1 Å². The van der Waals surface area contributed by atoms with Gasteiger partial charge >= 0.3 is 5.97 Å². The van der Waals surface area contributed by atoms with Gasteiger partial charge in [-0.05, 0) is 68.8 Å². The number of benzene rings is 1. The van der Waals surface area contributed by atoms with E-state index >= 15 is 0 Å². The van der Waals surface area contributed by atoms with Crippen LogP contribution in [0.25, 0.3) is 0 Å². The van der Waals surface area contributed by atoms with Crippen molar-refractivity contribution in [3.8, 4) is 5.75 Å². The molecule has 2 atom stereocenters. The van der Waals surface area contributed by atoms with Crippen LogP contribution >= 0.6 is 0 Å². The molecule has 6 nitrogen and oxygen atoms in total. The Morgan fingerprint density at radius 3 is 2.87 bits per heavy atom. The van der Waals surface area contributed by atoms with Crippen LogP contribution in [-0.4, -0.2) is 67.5 Å². The Balaban J connectivity index is 1.64. The second-order valence-electron chi connectivity index (χ2n) is 9.10. The maximum atomic E-state index is 10.9. The third kappa shape index (κ3) is 6.96. The molecular formula is C24H38N2O4. The van der Waals surface area contributed by atoms with E-state index in [9.17, 15) is 4.79 Å². The molecule has 0 aliphatic carbocycles. The SMILES string of the molecule is CCC(C)NCC1(Cc2cccc(OC3CCOC3)c2)CCN(CCC(=O)O)CC1. The molecule has 6 heteroatoms. The second kappa shape index (κ2) is 11.1. The van der Waals surface area contributed by atoms with Crippen molar-refractivity contribution in [2.45, 2.75) is 64.5 Å². The van der Waals surface area contributed by atoms with Crippen LogP contribution in [0.5, 0.6) is 5.75 Å². The lowest BCUT2D eigenvalue weighted by molar-refractivity contribution is -0.137. The molecule has 0 bridgehead atoms. The highest BCUT2D eigenvalue weighted by Crippen LogP contribution is 2.36. The first-order valence-corrected chi connectivity index (χ1v) is 11.5. The zero-order valence-electron chi connectivity index (χ0n) is 18.6. The van der Waals surface area contributed by atoms with Crippen LogP contribution in [0.4, 0.5) is 0 Å². The van der Waals surface area contributed by atoms with E-state index in [1.165, 1.54) is 5.56 Å². The lowest BCUT2D eigenvalue weighted by atomic mass is 9.73. The number of ether oxygens (including phenoxy) is 2. The number of carboxylic acid groups (broad SMARTS) is 1. The summed E-state index contributed by atoms with van der Waals surface area (Å²) < 4.78 is 11.6. The van der Waals surface area contributed by atoms with Crippen LogP contribution in [0, 0.1) is 5.41 Å². The number of aliphatic carboxylic acids is 1. The highest BCUT2D eigenvalue weighted by Gasteiger charge is 2.35. The average Bonchev–Trinajstić information content (AvgIpc) is 3.25. The van der Waals surface area contributed by atoms with Crippen molar-refractivity contribution in [1.82, 2.24) is 10.2 Å². The summed E-state index contributed by atoms with van der Waals surface area (Å²) in [6, 6.07) is 9.04. The normalized spacial score (nSPS) is 22.7. The fourth-order valence-electron chi connectivity index (χ4n) is 4.42. The van der Waals surface area contributed by atoms with Crippen LogP contribution in [0.1, 0.15) is 51.5 Å².